The van der Waals surface area contributed by atoms with Crippen molar-refractivity contribution in [2.24, 2.45) is 0 Å². The zero-order chi connectivity index (χ0) is 8.39. The van der Waals surface area contributed by atoms with Crippen molar-refractivity contribution in [3.05, 3.63) is 18.2 Å². The van der Waals surface area contributed by atoms with Crippen molar-refractivity contribution in [1.29, 1.82) is 0 Å². The van der Waals surface area contributed by atoms with Gasteiger partial charge in [0.2, 0.25) is 0 Å². The second-order valence-corrected chi connectivity index (χ2v) is 2.80. The summed E-state index contributed by atoms with van der Waals surface area (Å²) in [5.41, 5.74) is 7.56. The molecular weight excluding hydrogens is 154 g/mol. The number of hydrogen-bond donors (Lipinski definition) is 2. The largest absolute Gasteiger partial charge is 0.501 e. The Morgan fingerprint density at radius 1 is 1.58 bits per heavy atom. The predicted octanol–water partition coefficient (Wildman–Crippen LogP) is 1.14. The Bertz CT molecular complexity index is 303. The molecular formula is C8H11N3O. The Morgan fingerprint density at radius 3 is 3.08 bits per heavy atom. The Hall–Kier alpha value is -1.45. The van der Waals surface area contributed by atoms with Crippen LogP contribution in [0.2, 0.25) is 0 Å². The van der Waals surface area contributed by atoms with Gasteiger partial charge in [0.05, 0.1) is 24.8 Å². The topological polar surface area (TPSA) is 63.9 Å². The summed E-state index contributed by atoms with van der Waals surface area (Å²) >= 11 is 0. The summed E-state index contributed by atoms with van der Waals surface area (Å²) in [6.45, 7) is 0.813. The predicted molar refractivity (Wildman–Crippen MR) is 46.2 cm³/mol. The minimum Gasteiger partial charge on any atom is -0.501 e. The molecule has 0 aromatic carbocycles. The normalized spacial score (nSPS) is 16.8. The van der Waals surface area contributed by atoms with Crippen LogP contribution in [0.15, 0.2) is 12.5 Å². The van der Waals surface area contributed by atoms with Gasteiger partial charge in [-0.25, -0.2) is 4.98 Å². The molecule has 4 nitrogen and oxygen atoms in total. The molecule has 0 unspecified atom stereocenters. The van der Waals surface area contributed by atoms with Crippen LogP contribution in [0.25, 0.3) is 5.57 Å². The van der Waals surface area contributed by atoms with Crippen LogP contribution in [0.3, 0.4) is 0 Å². The minimum atomic E-state index is 0.455. The van der Waals surface area contributed by atoms with Crippen LogP contribution < -0.4 is 5.73 Å². The Kier molecular flexibility index (Phi) is 1.74. The van der Waals surface area contributed by atoms with Gasteiger partial charge in [-0.3, -0.25) is 0 Å². The number of imidazole rings is 1. The standard InChI is InChI=1S/C8H11N3O/c9-8-10-4-7(11-8)6-2-1-3-12-5-6/h4-5H,1-3H2,(H3,9,10,11). The monoisotopic (exact) mass is 165 g/mol. The number of nitrogens with zero attached hydrogens (tertiary/aromatic N) is 1. The lowest BCUT2D eigenvalue weighted by molar-refractivity contribution is 0.235. The highest BCUT2D eigenvalue weighted by Gasteiger charge is 2.08. The summed E-state index contributed by atoms with van der Waals surface area (Å²) < 4.78 is 5.20. The van der Waals surface area contributed by atoms with Crippen molar-refractivity contribution >= 4 is 11.5 Å². The molecule has 0 spiro atoms. The lowest BCUT2D eigenvalue weighted by Gasteiger charge is -2.11. The van der Waals surface area contributed by atoms with Crippen molar-refractivity contribution < 1.29 is 4.74 Å². The van der Waals surface area contributed by atoms with Gasteiger partial charge in [-0.1, -0.05) is 0 Å². The first-order valence-electron chi connectivity index (χ1n) is 3.98. The maximum absolute atomic E-state index is 5.45. The molecule has 0 atom stereocenters. The molecule has 1 aliphatic rings. The number of H-pyrrole nitrogens is 1. The van der Waals surface area contributed by atoms with E-state index >= 15 is 0 Å². The molecule has 4 heteroatoms. The Labute approximate surface area is 70.4 Å². The van der Waals surface area contributed by atoms with Crippen LogP contribution in [0.5, 0.6) is 0 Å². The Balaban J connectivity index is 2.23. The number of hydrogen-bond acceptors (Lipinski definition) is 3. The average Bonchev–Trinajstić information content (AvgIpc) is 2.54. The summed E-state index contributed by atoms with van der Waals surface area (Å²) in [6.07, 6.45) is 5.60. The maximum Gasteiger partial charge on any atom is 0.197 e. The van der Waals surface area contributed by atoms with Gasteiger partial charge in [-0.15, -0.1) is 0 Å². The van der Waals surface area contributed by atoms with Gasteiger partial charge in [0.25, 0.3) is 0 Å². The molecule has 1 aliphatic heterocycles. The van der Waals surface area contributed by atoms with E-state index in [1.165, 1.54) is 0 Å². The number of rotatable bonds is 1. The molecule has 1 aromatic heterocycles. The van der Waals surface area contributed by atoms with Crippen molar-refractivity contribution in [2.45, 2.75) is 12.8 Å². The summed E-state index contributed by atoms with van der Waals surface area (Å²) in [6, 6.07) is 0. The fourth-order valence-corrected chi connectivity index (χ4v) is 1.26. The third-order valence-electron chi connectivity index (χ3n) is 1.88. The smallest absolute Gasteiger partial charge is 0.197 e. The summed E-state index contributed by atoms with van der Waals surface area (Å²) in [7, 11) is 0. The number of ether oxygens (including phenoxy) is 1. The molecule has 64 valence electrons. The number of anilines is 1. The van der Waals surface area contributed by atoms with Gasteiger partial charge in [0.1, 0.15) is 0 Å². The van der Waals surface area contributed by atoms with Crippen LogP contribution in [-0.4, -0.2) is 16.6 Å². The van der Waals surface area contributed by atoms with Gasteiger partial charge in [-0.05, 0) is 12.8 Å². The number of nitrogen functional groups attached to an aromatic ring is 1. The summed E-state index contributed by atoms with van der Waals surface area (Å²) in [5, 5.41) is 0. The first kappa shape index (κ1) is 7.21. The quantitative estimate of drug-likeness (QED) is 0.656. The van der Waals surface area contributed by atoms with E-state index in [1.807, 2.05) is 0 Å². The number of nitrogens with two attached hydrogens (primary N) is 1. The molecule has 2 rings (SSSR count). The zero-order valence-electron chi connectivity index (χ0n) is 6.71. The van der Waals surface area contributed by atoms with Gasteiger partial charge < -0.3 is 15.5 Å². The second kappa shape index (κ2) is 2.89. The van der Waals surface area contributed by atoms with Crippen LogP contribution in [-0.2, 0) is 4.74 Å². The third kappa shape index (κ3) is 1.28. The fourth-order valence-electron chi connectivity index (χ4n) is 1.26. The van der Waals surface area contributed by atoms with Crippen LogP contribution >= 0.6 is 0 Å². The SMILES string of the molecule is Nc1ncc(C2=COCCC2)[nH]1. The molecule has 1 aromatic rings. The number of aromatic nitrogens is 2. The van der Waals surface area contributed by atoms with E-state index in [0.29, 0.717) is 5.95 Å². The molecule has 2 heterocycles. The molecule has 0 saturated carbocycles. The molecule has 0 fully saturated rings. The molecule has 0 saturated heterocycles. The molecule has 0 bridgehead atoms. The van der Waals surface area contributed by atoms with Crippen LogP contribution in [0.1, 0.15) is 18.5 Å². The second-order valence-electron chi connectivity index (χ2n) is 2.80. The van der Waals surface area contributed by atoms with Crippen molar-refractivity contribution in [3.63, 3.8) is 0 Å². The summed E-state index contributed by atoms with van der Waals surface area (Å²) in [5.74, 6) is 0.455. The van der Waals surface area contributed by atoms with Gasteiger partial charge in [0, 0.05) is 5.57 Å². The lowest BCUT2D eigenvalue weighted by atomic mass is 10.1. The van der Waals surface area contributed by atoms with E-state index < -0.39 is 0 Å². The number of nitrogens with one attached hydrogen (secondary N) is 1. The highest BCUT2D eigenvalue weighted by atomic mass is 16.5. The number of allylic oxidation sites excluding steroid dienone is 1. The Morgan fingerprint density at radius 2 is 2.50 bits per heavy atom. The summed E-state index contributed by atoms with van der Waals surface area (Å²) in [4.78, 5) is 6.88. The van der Waals surface area contributed by atoms with E-state index in [9.17, 15) is 0 Å². The number of aromatic amines is 1. The van der Waals surface area contributed by atoms with E-state index in [1.54, 1.807) is 12.5 Å². The van der Waals surface area contributed by atoms with E-state index in [-0.39, 0.29) is 0 Å². The fraction of sp³-hybridized carbons (Fsp3) is 0.375. The molecule has 12 heavy (non-hydrogen) atoms. The molecule has 3 N–H and O–H groups in total. The van der Waals surface area contributed by atoms with Crippen LogP contribution in [0.4, 0.5) is 5.95 Å². The minimum absolute atomic E-state index is 0.455. The van der Waals surface area contributed by atoms with Gasteiger partial charge in [0.15, 0.2) is 5.95 Å². The molecule has 0 aliphatic carbocycles. The van der Waals surface area contributed by atoms with E-state index in [0.717, 1.165) is 30.7 Å². The van der Waals surface area contributed by atoms with E-state index in [2.05, 4.69) is 9.97 Å². The highest BCUT2D eigenvalue weighted by molar-refractivity contribution is 5.62. The third-order valence-corrected chi connectivity index (χ3v) is 1.88. The zero-order valence-corrected chi connectivity index (χ0v) is 6.71. The highest BCUT2D eigenvalue weighted by Crippen LogP contribution is 2.21. The molecule has 0 amide bonds. The lowest BCUT2D eigenvalue weighted by Crippen LogP contribution is -1.98. The van der Waals surface area contributed by atoms with Crippen molar-refractivity contribution in [1.82, 2.24) is 9.97 Å². The maximum atomic E-state index is 5.45. The first-order valence-corrected chi connectivity index (χ1v) is 3.98. The average molecular weight is 165 g/mol. The molecule has 0 radical (unpaired) electrons. The van der Waals surface area contributed by atoms with Gasteiger partial charge in [-0.2, -0.15) is 0 Å². The van der Waals surface area contributed by atoms with Crippen molar-refractivity contribution in [2.75, 3.05) is 12.3 Å². The van der Waals surface area contributed by atoms with Crippen LogP contribution in [0, 0.1) is 0 Å². The van der Waals surface area contributed by atoms with Crippen molar-refractivity contribution in [3.8, 4) is 0 Å². The first-order chi connectivity index (χ1) is 5.86. The van der Waals surface area contributed by atoms with E-state index in [4.69, 9.17) is 10.5 Å². The van der Waals surface area contributed by atoms with Gasteiger partial charge >= 0.3 is 0 Å².